The van der Waals surface area contributed by atoms with Crippen LogP contribution in [0.5, 0.6) is 0 Å². The first-order valence-electron chi connectivity index (χ1n) is 7.71. The number of sulfonamides is 1. The van der Waals surface area contributed by atoms with Crippen LogP contribution in [0, 0.1) is 0 Å². The van der Waals surface area contributed by atoms with Gasteiger partial charge in [-0.2, -0.15) is 4.31 Å². The topological polar surface area (TPSA) is 83.9 Å². The van der Waals surface area contributed by atoms with E-state index in [-0.39, 0.29) is 19.1 Å². The van der Waals surface area contributed by atoms with E-state index in [2.05, 4.69) is 0 Å². The van der Waals surface area contributed by atoms with Crippen molar-refractivity contribution in [2.24, 2.45) is 0 Å². The van der Waals surface area contributed by atoms with Gasteiger partial charge >= 0.3 is 5.97 Å². The molecule has 6 nitrogen and oxygen atoms in total. The van der Waals surface area contributed by atoms with Gasteiger partial charge in [0.15, 0.2) is 0 Å². The van der Waals surface area contributed by atoms with E-state index in [0.717, 1.165) is 5.56 Å². The molecule has 1 aromatic rings. The predicted molar refractivity (Wildman–Crippen MR) is 84.7 cm³/mol. The predicted octanol–water partition coefficient (Wildman–Crippen LogP) is 1.44. The zero-order valence-corrected chi connectivity index (χ0v) is 13.8. The van der Waals surface area contributed by atoms with Crippen molar-refractivity contribution < 1.29 is 23.1 Å². The number of carboxylic acid groups (broad SMARTS) is 1. The largest absolute Gasteiger partial charge is 0.480 e. The monoisotopic (exact) mass is 339 g/mol. The van der Waals surface area contributed by atoms with E-state index >= 15 is 0 Å². The lowest BCUT2D eigenvalue weighted by atomic mass is 9.92. The van der Waals surface area contributed by atoms with E-state index in [4.69, 9.17) is 4.74 Å². The highest BCUT2D eigenvalue weighted by atomic mass is 32.2. The summed E-state index contributed by atoms with van der Waals surface area (Å²) in [6.45, 7) is 0.360. The lowest BCUT2D eigenvalue weighted by molar-refractivity contribution is -0.141. The lowest BCUT2D eigenvalue weighted by Gasteiger charge is -2.28. The quantitative estimate of drug-likeness (QED) is 0.848. The lowest BCUT2D eigenvalue weighted by Crippen LogP contribution is -2.48. The summed E-state index contributed by atoms with van der Waals surface area (Å²) in [5, 5.41) is 9.66. The number of carbonyl (C=O) groups is 1. The first-order valence-corrected chi connectivity index (χ1v) is 9.15. The Kier molecular flexibility index (Phi) is 4.20. The van der Waals surface area contributed by atoms with E-state index in [1.165, 1.54) is 11.4 Å². The smallest absolute Gasteiger partial charge is 0.322 e. The highest BCUT2D eigenvalue weighted by Gasteiger charge is 2.60. The van der Waals surface area contributed by atoms with Crippen molar-refractivity contribution in [3.63, 3.8) is 0 Å². The molecule has 1 aromatic carbocycles. The Morgan fingerprint density at radius 3 is 2.52 bits per heavy atom. The molecule has 2 fully saturated rings. The summed E-state index contributed by atoms with van der Waals surface area (Å²) >= 11 is 0. The SMILES string of the molecule is COCC1(S(=O)(=O)N2CCC(c3ccccc3)C2C(=O)O)CC1. The van der Waals surface area contributed by atoms with Crippen molar-refractivity contribution in [1.82, 2.24) is 4.31 Å². The van der Waals surface area contributed by atoms with Gasteiger partial charge in [0, 0.05) is 19.6 Å². The molecule has 2 aliphatic rings. The van der Waals surface area contributed by atoms with E-state index in [9.17, 15) is 18.3 Å². The Labute approximate surface area is 136 Å². The molecular formula is C16H21NO5S. The molecule has 0 amide bonds. The molecule has 2 atom stereocenters. The van der Waals surface area contributed by atoms with Gasteiger partial charge in [-0.05, 0) is 24.8 Å². The van der Waals surface area contributed by atoms with Crippen LogP contribution in [-0.4, -0.2) is 54.8 Å². The second-order valence-corrected chi connectivity index (χ2v) is 8.61. The van der Waals surface area contributed by atoms with Gasteiger partial charge in [-0.3, -0.25) is 4.79 Å². The second kappa shape index (κ2) is 5.89. The number of ether oxygens (including phenoxy) is 1. The number of rotatable bonds is 6. The molecule has 1 saturated carbocycles. The molecule has 0 radical (unpaired) electrons. The van der Waals surface area contributed by atoms with Gasteiger partial charge in [0.1, 0.15) is 10.8 Å². The van der Waals surface area contributed by atoms with Crippen molar-refractivity contribution in [2.75, 3.05) is 20.3 Å². The fraction of sp³-hybridized carbons (Fsp3) is 0.562. The third-order valence-electron chi connectivity index (χ3n) is 4.90. The zero-order chi connectivity index (χ0) is 16.7. The Morgan fingerprint density at radius 1 is 1.35 bits per heavy atom. The Bertz CT molecular complexity index is 684. The summed E-state index contributed by atoms with van der Waals surface area (Å²) in [6.07, 6.45) is 1.58. The number of hydrogen-bond donors (Lipinski definition) is 1. The molecule has 0 spiro atoms. The highest BCUT2D eigenvalue weighted by Crippen LogP contribution is 2.48. The molecule has 0 bridgehead atoms. The zero-order valence-electron chi connectivity index (χ0n) is 13.0. The molecule has 0 aromatic heterocycles. The van der Waals surface area contributed by atoms with Gasteiger partial charge in [-0.1, -0.05) is 30.3 Å². The van der Waals surface area contributed by atoms with Crippen LogP contribution in [0.2, 0.25) is 0 Å². The van der Waals surface area contributed by atoms with E-state index in [1.807, 2.05) is 30.3 Å². The maximum Gasteiger partial charge on any atom is 0.322 e. The van der Waals surface area contributed by atoms with E-state index in [0.29, 0.717) is 19.3 Å². The molecule has 1 aliphatic carbocycles. The molecule has 7 heteroatoms. The van der Waals surface area contributed by atoms with Crippen LogP contribution in [0.4, 0.5) is 0 Å². The van der Waals surface area contributed by atoms with Crippen LogP contribution in [-0.2, 0) is 19.6 Å². The Balaban J connectivity index is 1.93. The number of hydrogen-bond acceptors (Lipinski definition) is 4. The van der Waals surface area contributed by atoms with Gasteiger partial charge in [-0.15, -0.1) is 0 Å². The van der Waals surface area contributed by atoms with Crippen LogP contribution in [0.3, 0.4) is 0 Å². The highest BCUT2D eigenvalue weighted by molar-refractivity contribution is 7.90. The molecule has 1 saturated heterocycles. The Morgan fingerprint density at radius 2 is 2.00 bits per heavy atom. The number of benzene rings is 1. The summed E-state index contributed by atoms with van der Waals surface area (Å²) in [5.74, 6) is -1.41. The first kappa shape index (κ1) is 16.4. The van der Waals surface area contributed by atoms with Crippen molar-refractivity contribution in [2.45, 2.75) is 36.0 Å². The summed E-state index contributed by atoms with van der Waals surface area (Å²) in [7, 11) is -2.22. The summed E-state index contributed by atoms with van der Waals surface area (Å²) in [4.78, 5) is 11.8. The minimum atomic E-state index is -3.70. The Hall–Kier alpha value is -1.44. The molecule has 126 valence electrons. The molecule has 1 N–H and O–H groups in total. The maximum atomic E-state index is 13.0. The number of aliphatic carboxylic acids is 1. The third-order valence-corrected chi connectivity index (χ3v) is 7.55. The number of carboxylic acids is 1. The van der Waals surface area contributed by atoms with Crippen LogP contribution >= 0.6 is 0 Å². The van der Waals surface area contributed by atoms with Crippen molar-refractivity contribution in [1.29, 1.82) is 0 Å². The first-order chi connectivity index (χ1) is 10.9. The maximum absolute atomic E-state index is 13.0. The van der Waals surface area contributed by atoms with Gasteiger partial charge in [0.25, 0.3) is 0 Å². The number of nitrogens with zero attached hydrogens (tertiary/aromatic N) is 1. The second-order valence-electron chi connectivity index (χ2n) is 6.32. The standard InChI is InChI=1S/C16H21NO5S/c1-22-11-16(8-9-16)23(20,21)17-10-7-13(14(17)15(18)19)12-5-3-2-4-6-12/h2-6,13-14H,7-11H2,1H3,(H,18,19). The van der Waals surface area contributed by atoms with Gasteiger partial charge in [-0.25, -0.2) is 8.42 Å². The summed E-state index contributed by atoms with van der Waals surface area (Å²) in [6, 6.07) is 8.23. The normalized spacial score (nSPS) is 27.0. The average Bonchev–Trinajstić information content (AvgIpc) is 3.17. The molecular weight excluding hydrogens is 318 g/mol. The summed E-state index contributed by atoms with van der Waals surface area (Å²) in [5.41, 5.74) is 0.870. The third kappa shape index (κ3) is 2.66. The van der Waals surface area contributed by atoms with Crippen LogP contribution in [0.15, 0.2) is 30.3 Å². The average molecular weight is 339 g/mol. The van der Waals surface area contributed by atoms with Crippen molar-refractivity contribution in [3.8, 4) is 0 Å². The minimum absolute atomic E-state index is 0.119. The van der Waals surface area contributed by atoms with E-state index in [1.54, 1.807) is 0 Å². The van der Waals surface area contributed by atoms with Crippen molar-refractivity contribution in [3.05, 3.63) is 35.9 Å². The van der Waals surface area contributed by atoms with Gasteiger partial charge in [0.05, 0.1) is 6.61 Å². The molecule has 1 heterocycles. The number of methoxy groups -OCH3 is 1. The van der Waals surface area contributed by atoms with Gasteiger partial charge < -0.3 is 9.84 Å². The minimum Gasteiger partial charge on any atom is -0.480 e. The van der Waals surface area contributed by atoms with E-state index < -0.39 is 26.8 Å². The fourth-order valence-electron chi connectivity index (χ4n) is 3.51. The van der Waals surface area contributed by atoms with Gasteiger partial charge in [0.2, 0.25) is 10.0 Å². The van der Waals surface area contributed by atoms with Crippen LogP contribution in [0.1, 0.15) is 30.7 Å². The molecule has 23 heavy (non-hydrogen) atoms. The molecule has 1 aliphatic heterocycles. The van der Waals surface area contributed by atoms with Crippen molar-refractivity contribution >= 4 is 16.0 Å². The summed E-state index contributed by atoms with van der Waals surface area (Å²) < 4.78 is 31.3. The fourth-order valence-corrected chi connectivity index (χ4v) is 5.77. The molecule has 3 rings (SSSR count). The molecule has 2 unspecified atom stereocenters. The van der Waals surface area contributed by atoms with Crippen LogP contribution in [0.25, 0.3) is 0 Å². The van der Waals surface area contributed by atoms with Crippen LogP contribution < -0.4 is 0 Å².